The van der Waals surface area contributed by atoms with Crippen LogP contribution in [-0.4, -0.2) is 10.8 Å². The lowest BCUT2D eigenvalue weighted by atomic mass is 10.1. The predicted octanol–water partition coefficient (Wildman–Crippen LogP) is 3.90. The third-order valence-corrected chi connectivity index (χ3v) is 5.81. The van der Waals surface area contributed by atoms with E-state index in [1.54, 1.807) is 12.1 Å². The number of benzene rings is 2. The smallest absolute Gasteiger partial charge is 0.135 e. The van der Waals surface area contributed by atoms with E-state index >= 15 is 0 Å². The summed E-state index contributed by atoms with van der Waals surface area (Å²) in [7, 11) is -1.31. The summed E-state index contributed by atoms with van der Waals surface area (Å²) < 4.78 is 18.6. The Hall–Kier alpha value is -1.62. The van der Waals surface area contributed by atoms with E-state index in [2.05, 4.69) is 5.32 Å². The summed E-state index contributed by atoms with van der Waals surface area (Å²) in [6.07, 6.45) is 0.968. The molecule has 1 aliphatic rings. The van der Waals surface area contributed by atoms with Gasteiger partial charge in [-0.05, 0) is 43.3 Å². The van der Waals surface area contributed by atoms with Crippen molar-refractivity contribution in [2.24, 2.45) is 0 Å². The molecule has 3 aromatic rings. The fourth-order valence-electron chi connectivity index (χ4n) is 2.85. The number of fused-ring (bicyclic) bond motifs is 3. The normalized spacial score (nSPS) is 15.7. The van der Waals surface area contributed by atoms with Crippen LogP contribution in [0.1, 0.15) is 11.3 Å². The van der Waals surface area contributed by atoms with Crippen molar-refractivity contribution in [1.82, 2.24) is 5.32 Å². The number of rotatable bonds is 2. The third kappa shape index (κ3) is 2.28. The molecule has 4 rings (SSSR count). The third-order valence-electron chi connectivity index (χ3n) is 3.94. The molecule has 22 heavy (non-hydrogen) atoms. The van der Waals surface area contributed by atoms with E-state index in [0.29, 0.717) is 14.8 Å². The zero-order valence-electron chi connectivity index (χ0n) is 11.8. The molecule has 0 fully saturated rings. The molecule has 0 radical (unpaired) electrons. The fourth-order valence-corrected chi connectivity index (χ4v) is 4.30. The van der Waals surface area contributed by atoms with Crippen LogP contribution in [0.3, 0.4) is 0 Å². The minimum atomic E-state index is -1.31. The van der Waals surface area contributed by atoms with E-state index in [1.165, 1.54) is 5.56 Å². The van der Waals surface area contributed by atoms with Gasteiger partial charge in [-0.15, -0.1) is 0 Å². The number of nitrogens with one attached hydrogen (secondary N) is 1. The second-order valence-electron chi connectivity index (χ2n) is 5.29. The lowest BCUT2D eigenvalue weighted by molar-refractivity contribution is 0.488. The predicted molar refractivity (Wildman–Crippen MR) is 87.8 cm³/mol. The van der Waals surface area contributed by atoms with Gasteiger partial charge in [0.25, 0.3) is 0 Å². The largest absolute Gasteiger partial charge is 0.459 e. The molecule has 2 aromatic carbocycles. The van der Waals surface area contributed by atoms with E-state index in [1.807, 2.05) is 30.3 Å². The van der Waals surface area contributed by atoms with Crippen LogP contribution in [-0.2, 0) is 23.8 Å². The van der Waals surface area contributed by atoms with E-state index in [-0.39, 0.29) is 0 Å². The van der Waals surface area contributed by atoms with Crippen LogP contribution in [0.2, 0.25) is 5.02 Å². The first kappa shape index (κ1) is 14.0. The molecule has 0 saturated carbocycles. The molecular weight excluding hydrogens is 318 g/mol. The molecule has 3 nitrogen and oxygen atoms in total. The molecule has 0 aliphatic carbocycles. The van der Waals surface area contributed by atoms with Crippen molar-refractivity contribution in [2.75, 3.05) is 6.54 Å². The topological polar surface area (TPSA) is 42.2 Å². The molecule has 0 bridgehead atoms. The van der Waals surface area contributed by atoms with Crippen molar-refractivity contribution >= 4 is 33.4 Å². The lowest BCUT2D eigenvalue weighted by Gasteiger charge is -2.10. The molecular formula is C17H14ClNO2S. The zero-order valence-corrected chi connectivity index (χ0v) is 13.3. The molecule has 0 amide bonds. The number of hydrogen-bond acceptors (Lipinski definition) is 3. The Morgan fingerprint density at radius 1 is 1.18 bits per heavy atom. The molecule has 1 aromatic heterocycles. The highest BCUT2D eigenvalue weighted by Crippen LogP contribution is 2.31. The minimum Gasteiger partial charge on any atom is -0.459 e. The first-order chi connectivity index (χ1) is 10.7. The van der Waals surface area contributed by atoms with Gasteiger partial charge in [-0.2, -0.15) is 0 Å². The SMILES string of the molecule is O=S(c1ccc2c3c(oc2c1)CNCC3)c1ccccc1Cl. The summed E-state index contributed by atoms with van der Waals surface area (Å²) in [6.45, 7) is 1.72. The van der Waals surface area contributed by atoms with Crippen LogP contribution in [0.15, 0.2) is 56.7 Å². The lowest BCUT2D eigenvalue weighted by Crippen LogP contribution is -2.22. The fraction of sp³-hybridized carbons (Fsp3) is 0.176. The van der Waals surface area contributed by atoms with Gasteiger partial charge in [-0.3, -0.25) is 0 Å². The maximum absolute atomic E-state index is 12.7. The molecule has 112 valence electrons. The molecule has 0 spiro atoms. The highest BCUT2D eigenvalue weighted by atomic mass is 35.5. The summed E-state index contributed by atoms with van der Waals surface area (Å²) in [5.74, 6) is 0.988. The second-order valence-corrected chi connectivity index (χ2v) is 7.14. The minimum absolute atomic E-state index is 0.517. The zero-order chi connectivity index (χ0) is 15.1. The van der Waals surface area contributed by atoms with Gasteiger partial charge in [0.05, 0.1) is 27.3 Å². The van der Waals surface area contributed by atoms with Crippen molar-refractivity contribution in [1.29, 1.82) is 0 Å². The molecule has 1 unspecified atom stereocenters. The standard InChI is InChI=1S/C17H14ClNO2S/c18-14-3-1-2-4-17(14)22(20)11-5-6-12-13-7-8-19-10-16(13)21-15(12)9-11/h1-6,9,19H,7-8,10H2. The monoisotopic (exact) mass is 331 g/mol. The first-order valence-electron chi connectivity index (χ1n) is 7.15. The summed E-state index contributed by atoms with van der Waals surface area (Å²) in [6, 6.07) is 13.0. The Balaban J connectivity index is 1.80. The van der Waals surface area contributed by atoms with Crippen molar-refractivity contribution in [3.05, 3.63) is 58.8 Å². The Labute approximate surface area is 135 Å². The average molecular weight is 332 g/mol. The van der Waals surface area contributed by atoms with Crippen molar-refractivity contribution in [2.45, 2.75) is 22.8 Å². The van der Waals surface area contributed by atoms with Crippen LogP contribution in [0, 0.1) is 0 Å². The number of halogens is 1. The molecule has 1 atom stereocenters. The van der Waals surface area contributed by atoms with E-state index in [9.17, 15) is 4.21 Å². The van der Waals surface area contributed by atoms with Gasteiger partial charge >= 0.3 is 0 Å². The average Bonchev–Trinajstić information content (AvgIpc) is 2.92. The second kappa shape index (κ2) is 5.54. The van der Waals surface area contributed by atoms with Crippen LogP contribution in [0.5, 0.6) is 0 Å². The van der Waals surface area contributed by atoms with Gasteiger partial charge in [-0.25, -0.2) is 4.21 Å². The van der Waals surface area contributed by atoms with Crippen LogP contribution in [0.25, 0.3) is 11.0 Å². The molecule has 1 N–H and O–H groups in total. The van der Waals surface area contributed by atoms with E-state index in [0.717, 1.165) is 36.2 Å². The summed E-state index contributed by atoms with van der Waals surface area (Å²) in [4.78, 5) is 1.33. The highest BCUT2D eigenvalue weighted by Gasteiger charge is 2.19. The quantitative estimate of drug-likeness (QED) is 0.774. The molecule has 5 heteroatoms. The summed E-state index contributed by atoms with van der Waals surface area (Å²) in [5, 5.41) is 4.94. The van der Waals surface area contributed by atoms with Gasteiger partial charge in [0.2, 0.25) is 0 Å². The van der Waals surface area contributed by atoms with Gasteiger partial charge < -0.3 is 9.73 Å². The van der Waals surface area contributed by atoms with Crippen LogP contribution < -0.4 is 5.32 Å². The molecule has 0 saturated heterocycles. The molecule has 2 heterocycles. The van der Waals surface area contributed by atoms with Gasteiger partial charge in [0.15, 0.2) is 0 Å². The molecule has 1 aliphatic heterocycles. The van der Waals surface area contributed by atoms with Crippen molar-refractivity contribution in [3.63, 3.8) is 0 Å². The van der Waals surface area contributed by atoms with Crippen molar-refractivity contribution in [3.8, 4) is 0 Å². The highest BCUT2D eigenvalue weighted by molar-refractivity contribution is 7.85. The summed E-state index contributed by atoms with van der Waals surface area (Å²) in [5.41, 5.74) is 2.07. The maximum atomic E-state index is 12.7. The van der Waals surface area contributed by atoms with Gasteiger partial charge in [0.1, 0.15) is 11.3 Å². The number of furan rings is 1. The Kier molecular flexibility index (Phi) is 3.53. The first-order valence-corrected chi connectivity index (χ1v) is 8.68. The number of hydrogen-bond donors (Lipinski definition) is 1. The van der Waals surface area contributed by atoms with Gasteiger partial charge in [-0.1, -0.05) is 23.7 Å². The van der Waals surface area contributed by atoms with Crippen LogP contribution >= 0.6 is 11.6 Å². The van der Waals surface area contributed by atoms with E-state index < -0.39 is 10.8 Å². The Morgan fingerprint density at radius 3 is 2.91 bits per heavy atom. The maximum Gasteiger partial charge on any atom is 0.135 e. The van der Waals surface area contributed by atoms with Gasteiger partial charge in [0, 0.05) is 15.8 Å². The Morgan fingerprint density at radius 2 is 2.05 bits per heavy atom. The summed E-state index contributed by atoms with van der Waals surface area (Å²) >= 11 is 6.14. The van der Waals surface area contributed by atoms with Crippen molar-refractivity contribution < 1.29 is 8.63 Å². The Bertz CT molecular complexity index is 887. The van der Waals surface area contributed by atoms with E-state index in [4.69, 9.17) is 16.0 Å². The van der Waals surface area contributed by atoms with Crippen LogP contribution in [0.4, 0.5) is 0 Å².